The summed E-state index contributed by atoms with van der Waals surface area (Å²) in [6, 6.07) is 6.36. The van der Waals surface area contributed by atoms with E-state index in [1.165, 1.54) is 11.8 Å². The SMILES string of the molecule is CC(=O)NCCNC(=O)NCCCN1C(=O)c2ccccc2C1=O. The molecule has 8 nitrogen and oxygen atoms in total. The zero-order valence-corrected chi connectivity index (χ0v) is 13.4. The van der Waals surface area contributed by atoms with Gasteiger partial charge in [-0.05, 0) is 18.6 Å². The Labute approximate surface area is 139 Å². The highest BCUT2D eigenvalue weighted by Crippen LogP contribution is 2.22. The lowest BCUT2D eigenvalue weighted by Gasteiger charge is -2.14. The lowest BCUT2D eigenvalue weighted by Crippen LogP contribution is -2.41. The van der Waals surface area contributed by atoms with Gasteiger partial charge in [0.1, 0.15) is 0 Å². The fourth-order valence-electron chi connectivity index (χ4n) is 2.36. The number of rotatable bonds is 7. The fraction of sp³-hybridized carbons (Fsp3) is 0.375. The molecular weight excluding hydrogens is 312 g/mol. The van der Waals surface area contributed by atoms with E-state index in [1.54, 1.807) is 24.3 Å². The average molecular weight is 332 g/mol. The number of carbonyl (C=O) groups is 4. The van der Waals surface area contributed by atoms with Crippen LogP contribution in [-0.4, -0.2) is 54.8 Å². The van der Waals surface area contributed by atoms with E-state index in [1.807, 2.05) is 0 Å². The molecule has 8 heteroatoms. The molecule has 0 saturated carbocycles. The van der Waals surface area contributed by atoms with E-state index in [-0.39, 0.29) is 30.3 Å². The maximum absolute atomic E-state index is 12.1. The lowest BCUT2D eigenvalue weighted by atomic mass is 10.1. The van der Waals surface area contributed by atoms with Gasteiger partial charge in [0.15, 0.2) is 0 Å². The summed E-state index contributed by atoms with van der Waals surface area (Å²) in [5.74, 6) is -0.746. The Morgan fingerprint density at radius 3 is 2.04 bits per heavy atom. The maximum Gasteiger partial charge on any atom is 0.314 e. The number of urea groups is 1. The van der Waals surface area contributed by atoms with Gasteiger partial charge in [0, 0.05) is 33.1 Å². The van der Waals surface area contributed by atoms with Gasteiger partial charge in [0.05, 0.1) is 11.1 Å². The summed E-state index contributed by atoms with van der Waals surface area (Å²) in [4.78, 5) is 47.6. The Kier molecular flexibility index (Phi) is 5.89. The zero-order chi connectivity index (χ0) is 17.5. The molecule has 2 rings (SSSR count). The van der Waals surface area contributed by atoms with Crippen LogP contribution in [0.1, 0.15) is 34.1 Å². The molecule has 0 atom stereocenters. The van der Waals surface area contributed by atoms with Gasteiger partial charge in [-0.3, -0.25) is 19.3 Å². The molecule has 5 amide bonds. The van der Waals surface area contributed by atoms with Crippen molar-refractivity contribution in [3.63, 3.8) is 0 Å². The van der Waals surface area contributed by atoms with Crippen LogP contribution in [0.15, 0.2) is 24.3 Å². The normalized spacial score (nSPS) is 12.8. The number of amides is 5. The molecule has 0 saturated heterocycles. The molecule has 128 valence electrons. The predicted octanol–water partition coefficient (Wildman–Crippen LogP) is 0.108. The summed E-state index contributed by atoms with van der Waals surface area (Å²) in [6.07, 6.45) is 0.463. The van der Waals surface area contributed by atoms with Crippen molar-refractivity contribution < 1.29 is 19.2 Å². The van der Waals surface area contributed by atoms with Gasteiger partial charge in [-0.15, -0.1) is 0 Å². The smallest absolute Gasteiger partial charge is 0.314 e. The number of benzene rings is 1. The largest absolute Gasteiger partial charge is 0.355 e. The minimum Gasteiger partial charge on any atom is -0.355 e. The van der Waals surface area contributed by atoms with Crippen LogP contribution in [0.25, 0.3) is 0 Å². The number of hydrogen-bond acceptors (Lipinski definition) is 4. The summed E-state index contributed by atoms with van der Waals surface area (Å²) in [5.41, 5.74) is 0.845. The van der Waals surface area contributed by atoms with E-state index < -0.39 is 0 Å². The molecule has 1 aromatic carbocycles. The van der Waals surface area contributed by atoms with Gasteiger partial charge in [-0.1, -0.05) is 12.1 Å². The standard InChI is InChI=1S/C16H20N4O4/c1-11(21)17-8-9-19-16(24)18-7-4-10-20-14(22)12-5-2-3-6-13(12)15(20)23/h2-3,5-6H,4,7-10H2,1H3,(H,17,21)(H2,18,19,24). The van der Waals surface area contributed by atoms with Crippen LogP contribution in [0.2, 0.25) is 0 Å². The summed E-state index contributed by atoms with van der Waals surface area (Å²) in [5, 5.41) is 7.78. The van der Waals surface area contributed by atoms with Crippen molar-refractivity contribution in [1.82, 2.24) is 20.9 Å². The first kappa shape index (κ1) is 17.5. The average Bonchev–Trinajstić information content (AvgIpc) is 2.80. The Balaban J connectivity index is 1.66. The molecule has 3 N–H and O–H groups in total. The fourth-order valence-corrected chi connectivity index (χ4v) is 2.36. The predicted molar refractivity (Wildman–Crippen MR) is 86.5 cm³/mol. The van der Waals surface area contributed by atoms with E-state index in [0.29, 0.717) is 37.2 Å². The van der Waals surface area contributed by atoms with Crippen molar-refractivity contribution in [3.8, 4) is 0 Å². The summed E-state index contributed by atoms with van der Waals surface area (Å²) < 4.78 is 0. The van der Waals surface area contributed by atoms with Crippen molar-refractivity contribution in [3.05, 3.63) is 35.4 Å². The first-order chi connectivity index (χ1) is 11.5. The van der Waals surface area contributed by atoms with Crippen molar-refractivity contribution in [2.45, 2.75) is 13.3 Å². The molecule has 0 aromatic heterocycles. The number of carbonyl (C=O) groups excluding carboxylic acids is 4. The maximum atomic E-state index is 12.1. The molecule has 24 heavy (non-hydrogen) atoms. The van der Waals surface area contributed by atoms with Crippen molar-refractivity contribution in [2.75, 3.05) is 26.2 Å². The van der Waals surface area contributed by atoms with Crippen molar-refractivity contribution in [2.24, 2.45) is 0 Å². The highest BCUT2D eigenvalue weighted by molar-refractivity contribution is 6.21. The van der Waals surface area contributed by atoms with Crippen LogP contribution in [-0.2, 0) is 4.79 Å². The van der Waals surface area contributed by atoms with Crippen LogP contribution in [0.4, 0.5) is 4.79 Å². The highest BCUT2D eigenvalue weighted by atomic mass is 16.2. The molecule has 0 fully saturated rings. The molecule has 1 aliphatic rings. The number of fused-ring (bicyclic) bond motifs is 1. The van der Waals surface area contributed by atoms with Gasteiger partial charge in [-0.2, -0.15) is 0 Å². The van der Waals surface area contributed by atoms with Gasteiger partial charge in [0.25, 0.3) is 11.8 Å². The van der Waals surface area contributed by atoms with Crippen LogP contribution < -0.4 is 16.0 Å². The molecule has 1 aromatic rings. The lowest BCUT2D eigenvalue weighted by molar-refractivity contribution is -0.118. The first-order valence-corrected chi connectivity index (χ1v) is 7.72. The molecule has 0 spiro atoms. The second kappa shape index (κ2) is 8.09. The molecular formula is C16H20N4O4. The Bertz CT molecular complexity index is 624. The van der Waals surface area contributed by atoms with Crippen LogP contribution in [0.5, 0.6) is 0 Å². The molecule has 0 aliphatic carbocycles. The summed E-state index contributed by atoms with van der Waals surface area (Å²) in [7, 11) is 0. The Morgan fingerprint density at radius 1 is 0.917 bits per heavy atom. The minimum atomic E-state index is -0.359. The van der Waals surface area contributed by atoms with Crippen molar-refractivity contribution >= 4 is 23.8 Å². The van der Waals surface area contributed by atoms with Gasteiger partial charge in [-0.25, -0.2) is 4.79 Å². The van der Waals surface area contributed by atoms with Crippen LogP contribution in [0.3, 0.4) is 0 Å². The zero-order valence-electron chi connectivity index (χ0n) is 13.4. The number of nitrogens with zero attached hydrogens (tertiary/aromatic N) is 1. The molecule has 1 heterocycles. The Morgan fingerprint density at radius 2 is 1.46 bits per heavy atom. The van der Waals surface area contributed by atoms with Gasteiger partial charge < -0.3 is 16.0 Å². The van der Waals surface area contributed by atoms with Crippen LogP contribution in [0, 0.1) is 0 Å². The van der Waals surface area contributed by atoms with Crippen molar-refractivity contribution in [1.29, 1.82) is 0 Å². The van der Waals surface area contributed by atoms with E-state index >= 15 is 0 Å². The molecule has 1 aliphatic heterocycles. The summed E-state index contributed by atoms with van der Waals surface area (Å²) >= 11 is 0. The first-order valence-electron chi connectivity index (χ1n) is 7.72. The van der Waals surface area contributed by atoms with E-state index in [2.05, 4.69) is 16.0 Å². The number of nitrogens with one attached hydrogen (secondary N) is 3. The topological polar surface area (TPSA) is 108 Å². The van der Waals surface area contributed by atoms with E-state index in [4.69, 9.17) is 0 Å². The molecule has 0 radical (unpaired) electrons. The third-order valence-electron chi connectivity index (χ3n) is 3.51. The number of imide groups is 1. The molecule has 0 unspecified atom stereocenters. The van der Waals surface area contributed by atoms with Gasteiger partial charge in [0.2, 0.25) is 5.91 Å². The van der Waals surface area contributed by atoms with Gasteiger partial charge >= 0.3 is 6.03 Å². The Hall–Kier alpha value is -2.90. The minimum absolute atomic E-state index is 0.154. The summed E-state index contributed by atoms with van der Waals surface area (Å²) in [6.45, 7) is 2.67. The molecule has 0 bridgehead atoms. The van der Waals surface area contributed by atoms with Crippen LogP contribution >= 0.6 is 0 Å². The third-order valence-corrected chi connectivity index (χ3v) is 3.51. The number of hydrogen-bond donors (Lipinski definition) is 3. The second-order valence-corrected chi connectivity index (χ2v) is 5.33. The van der Waals surface area contributed by atoms with E-state index in [9.17, 15) is 19.2 Å². The monoisotopic (exact) mass is 332 g/mol. The highest BCUT2D eigenvalue weighted by Gasteiger charge is 2.34. The second-order valence-electron chi connectivity index (χ2n) is 5.33. The third kappa shape index (κ3) is 4.31. The quantitative estimate of drug-likeness (QED) is 0.486. The van der Waals surface area contributed by atoms with E-state index in [0.717, 1.165) is 0 Å².